The molecule has 0 bridgehead atoms. The molecular weight excluding hydrogens is 336 g/mol. The molecule has 2 aromatic carbocycles. The van der Waals surface area contributed by atoms with Crippen molar-refractivity contribution in [3.8, 4) is 0 Å². The van der Waals surface area contributed by atoms with Crippen molar-refractivity contribution in [3.05, 3.63) is 71.8 Å². The Morgan fingerprint density at radius 3 is 1.93 bits per heavy atom. The van der Waals surface area contributed by atoms with Crippen LogP contribution in [0.15, 0.2) is 60.7 Å². The molecule has 1 aliphatic rings. The first-order valence-corrected chi connectivity index (χ1v) is 9.73. The molecule has 1 saturated heterocycles. The summed E-state index contributed by atoms with van der Waals surface area (Å²) < 4.78 is 4.98. The van der Waals surface area contributed by atoms with E-state index in [0.717, 1.165) is 12.8 Å². The van der Waals surface area contributed by atoms with E-state index in [1.165, 1.54) is 24.7 Å². The molecule has 0 aromatic heterocycles. The van der Waals surface area contributed by atoms with Gasteiger partial charge >= 0.3 is 5.97 Å². The maximum absolute atomic E-state index is 12.1. The van der Waals surface area contributed by atoms with Gasteiger partial charge < -0.3 is 4.74 Å². The van der Waals surface area contributed by atoms with Gasteiger partial charge in [-0.3, -0.25) is 10.2 Å². The van der Waals surface area contributed by atoms with Crippen molar-refractivity contribution in [1.82, 2.24) is 10.4 Å². The summed E-state index contributed by atoms with van der Waals surface area (Å²) in [6.07, 6.45) is 3.37. The third-order valence-corrected chi connectivity index (χ3v) is 5.44. The summed E-state index contributed by atoms with van der Waals surface area (Å²) in [4.78, 5) is 12.1. The zero-order valence-electron chi connectivity index (χ0n) is 16.5. The predicted molar refractivity (Wildman–Crippen MR) is 108 cm³/mol. The van der Waals surface area contributed by atoms with E-state index in [9.17, 15) is 4.79 Å². The average molecular weight is 367 g/mol. The summed E-state index contributed by atoms with van der Waals surface area (Å²) in [6, 6.07) is 21.8. The van der Waals surface area contributed by atoms with Gasteiger partial charge in [0.1, 0.15) is 0 Å². The summed E-state index contributed by atoms with van der Waals surface area (Å²) in [7, 11) is 1.45. The molecule has 1 aliphatic heterocycles. The van der Waals surface area contributed by atoms with Crippen molar-refractivity contribution in [2.24, 2.45) is 5.41 Å². The molecule has 0 radical (unpaired) electrons. The number of benzene rings is 2. The first-order valence-electron chi connectivity index (χ1n) is 9.73. The van der Waals surface area contributed by atoms with E-state index in [1.54, 1.807) is 0 Å². The molecule has 3 rings (SSSR count). The van der Waals surface area contributed by atoms with Crippen molar-refractivity contribution >= 4 is 5.97 Å². The minimum Gasteiger partial charge on any atom is -0.469 e. The monoisotopic (exact) mass is 366 g/mol. The zero-order chi connectivity index (χ0) is 19.3. The predicted octanol–water partition coefficient (Wildman–Crippen LogP) is 4.66. The van der Waals surface area contributed by atoms with Gasteiger partial charge in [0.2, 0.25) is 0 Å². The number of rotatable bonds is 6. The Hall–Kier alpha value is -2.17. The lowest BCUT2D eigenvalue weighted by molar-refractivity contribution is -0.151. The SMILES string of the molecule is COC(=O)C(C)(C)CNN1[C@H](c2ccccc2)CCC[C@H]1c1ccccc1. The van der Waals surface area contributed by atoms with Gasteiger partial charge in [-0.2, -0.15) is 0 Å². The van der Waals surface area contributed by atoms with Gasteiger partial charge in [-0.1, -0.05) is 60.7 Å². The fourth-order valence-corrected chi connectivity index (χ4v) is 3.86. The molecule has 2 atom stereocenters. The van der Waals surface area contributed by atoms with Crippen molar-refractivity contribution in [1.29, 1.82) is 0 Å². The van der Waals surface area contributed by atoms with Gasteiger partial charge in [0, 0.05) is 18.6 Å². The van der Waals surface area contributed by atoms with E-state index >= 15 is 0 Å². The van der Waals surface area contributed by atoms with Crippen LogP contribution in [0.5, 0.6) is 0 Å². The van der Waals surface area contributed by atoms with Crippen molar-refractivity contribution in [3.63, 3.8) is 0 Å². The van der Waals surface area contributed by atoms with Crippen LogP contribution in [0.1, 0.15) is 56.3 Å². The maximum Gasteiger partial charge on any atom is 0.312 e. The third-order valence-electron chi connectivity index (χ3n) is 5.44. The molecule has 27 heavy (non-hydrogen) atoms. The molecule has 4 nitrogen and oxygen atoms in total. The van der Waals surface area contributed by atoms with Crippen LogP contribution in [0.2, 0.25) is 0 Å². The summed E-state index contributed by atoms with van der Waals surface area (Å²) in [5.74, 6) is -0.195. The quantitative estimate of drug-likeness (QED) is 0.755. The number of carbonyl (C=O) groups excluding carboxylic acids is 1. The molecule has 0 amide bonds. The Morgan fingerprint density at radius 2 is 1.48 bits per heavy atom. The normalized spacial score (nSPS) is 21.0. The Labute approximate surface area is 162 Å². The lowest BCUT2D eigenvalue weighted by atomic mass is 9.88. The summed E-state index contributed by atoms with van der Waals surface area (Å²) in [5, 5.41) is 2.36. The van der Waals surface area contributed by atoms with Gasteiger partial charge in [0.15, 0.2) is 0 Å². The van der Waals surface area contributed by atoms with E-state index in [1.807, 2.05) is 13.8 Å². The van der Waals surface area contributed by atoms with E-state index in [2.05, 4.69) is 71.1 Å². The first-order chi connectivity index (χ1) is 13.0. The first kappa shape index (κ1) is 19.6. The van der Waals surface area contributed by atoms with Crippen LogP contribution in [-0.4, -0.2) is 24.6 Å². The van der Waals surface area contributed by atoms with Crippen molar-refractivity contribution in [2.75, 3.05) is 13.7 Å². The van der Waals surface area contributed by atoms with Crippen molar-refractivity contribution in [2.45, 2.75) is 45.2 Å². The van der Waals surface area contributed by atoms with Gasteiger partial charge in [-0.25, -0.2) is 5.01 Å². The number of methoxy groups -OCH3 is 1. The highest BCUT2D eigenvalue weighted by molar-refractivity contribution is 5.76. The molecule has 0 unspecified atom stereocenters. The molecule has 4 heteroatoms. The number of ether oxygens (including phenoxy) is 1. The molecule has 2 aromatic rings. The molecule has 1 fully saturated rings. The fraction of sp³-hybridized carbons (Fsp3) is 0.435. The van der Waals surface area contributed by atoms with Gasteiger partial charge in [0.05, 0.1) is 12.5 Å². The van der Waals surface area contributed by atoms with E-state index in [0.29, 0.717) is 6.54 Å². The molecular formula is C23H30N2O2. The van der Waals surface area contributed by atoms with Crippen LogP contribution in [0.4, 0.5) is 0 Å². The second-order valence-electron chi connectivity index (χ2n) is 7.90. The number of nitrogens with zero attached hydrogens (tertiary/aromatic N) is 1. The topological polar surface area (TPSA) is 41.6 Å². The molecule has 0 saturated carbocycles. The number of hydrazine groups is 1. The largest absolute Gasteiger partial charge is 0.469 e. The van der Waals surface area contributed by atoms with Gasteiger partial charge in [-0.05, 0) is 44.2 Å². The zero-order valence-corrected chi connectivity index (χ0v) is 16.5. The molecule has 0 aliphatic carbocycles. The fourth-order valence-electron chi connectivity index (χ4n) is 3.86. The highest BCUT2D eigenvalue weighted by atomic mass is 16.5. The van der Waals surface area contributed by atoms with Gasteiger partial charge in [0.25, 0.3) is 0 Å². The van der Waals surface area contributed by atoms with Crippen LogP contribution in [-0.2, 0) is 9.53 Å². The maximum atomic E-state index is 12.1. The molecule has 0 spiro atoms. The summed E-state index contributed by atoms with van der Waals surface area (Å²) >= 11 is 0. The van der Waals surface area contributed by atoms with E-state index in [-0.39, 0.29) is 18.1 Å². The third kappa shape index (κ3) is 4.57. The van der Waals surface area contributed by atoms with E-state index < -0.39 is 5.41 Å². The number of carbonyl (C=O) groups is 1. The number of nitrogens with one attached hydrogen (secondary N) is 1. The average Bonchev–Trinajstić information content (AvgIpc) is 2.72. The number of esters is 1. The molecule has 1 heterocycles. The standard InChI is InChI=1S/C23H30N2O2/c1-23(2,22(26)27-3)17-24-25-20(18-11-6-4-7-12-18)15-10-16-21(25)19-13-8-5-9-14-19/h4-9,11-14,20-21,24H,10,15-17H2,1-3H3/t20-,21-/m0/s1. The van der Waals surface area contributed by atoms with Crippen LogP contribution in [0.3, 0.4) is 0 Å². The number of piperidine rings is 1. The summed E-state index contributed by atoms with van der Waals surface area (Å²) in [6.45, 7) is 4.38. The highest BCUT2D eigenvalue weighted by Gasteiger charge is 2.35. The van der Waals surface area contributed by atoms with Crippen LogP contribution in [0.25, 0.3) is 0 Å². The number of hydrogen-bond donors (Lipinski definition) is 1. The lowest BCUT2D eigenvalue weighted by Gasteiger charge is -2.44. The molecule has 144 valence electrons. The van der Waals surface area contributed by atoms with Crippen molar-refractivity contribution < 1.29 is 9.53 Å². The van der Waals surface area contributed by atoms with Crippen LogP contribution in [0, 0.1) is 5.41 Å². The Balaban J connectivity index is 1.88. The van der Waals surface area contributed by atoms with E-state index in [4.69, 9.17) is 4.74 Å². The second kappa shape index (κ2) is 8.68. The Bertz CT molecular complexity index is 683. The Kier molecular flexibility index (Phi) is 6.30. The smallest absolute Gasteiger partial charge is 0.312 e. The van der Waals surface area contributed by atoms with Crippen LogP contribution >= 0.6 is 0 Å². The van der Waals surface area contributed by atoms with Gasteiger partial charge in [-0.15, -0.1) is 0 Å². The minimum atomic E-state index is -0.589. The Morgan fingerprint density at radius 1 is 1.00 bits per heavy atom. The lowest BCUT2D eigenvalue weighted by Crippen LogP contribution is -2.50. The summed E-state index contributed by atoms with van der Waals surface area (Å²) in [5.41, 5.74) is 5.63. The minimum absolute atomic E-state index is 0.195. The number of hydrogen-bond acceptors (Lipinski definition) is 4. The second-order valence-corrected chi connectivity index (χ2v) is 7.90. The highest BCUT2D eigenvalue weighted by Crippen LogP contribution is 2.40. The molecule has 1 N–H and O–H groups in total. The van der Waals surface area contributed by atoms with Crippen LogP contribution < -0.4 is 5.43 Å².